The summed E-state index contributed by atoms with van der Waals surface area (Å²) in [5.74, 6) is -0.360. The molecule has 1 saturated heterocycles. The summed E-state index contributed by atoms with van der Waals surface area (Å²) in [6, 6.07) is 2.60. The molecule has 2 amide bonds. The molecule has 6 nitrogen and oxygen atoms in total. The van der Waals surface area contributed by atoms with Gasteiger partial charge in [0, 0.05) is 12.1 Å². The highest BCUT2D eigenvalue weighted by atomic mass is 16.3. The minimum Gasteiger partial charge on any atom is -0.459 e. The lowest BCUT2D eigenvalue weighted by Crippen LogP contribution is -2.55. The van der Waals surface area contributed by atoms with Crippen molar-refractivity contribution in [3.8, 4) is 0 Å². The molecule has 1 aromatic heterocycles. The normalized spacial score (nSPS) is 17.5. The summed E-state index contributed by atoms with van der Waals surface area (Å²) in [5, 5.41) is 5.58. The molecule has 0 spiro atoms. The maximum Gasteiger partial charge on any atom is 0.287 e. The Morgan fingerprint density at radius 1 is 1.30 bits per heavy atom. The van der Waals surface area contributed by atoms with Gasteiger partial charge in [-0.1, -0.05) is 6.42 Å². The minimum atomic E-state index is -0.607. The van der Waals surface area contributed by atoms with Crippen LogP contribution in [0.25, 0.3) is 0 Å². The zero-order valence-corrected chi connectivity index (χ0v) is 14.2. The van der Waals surface area contributed by atoms with E-state index in [1.165, 1.54) is 25.5 Å². The van der Waals surface area contributed by atoms with Crippen LogP contribution >= 0.6 is 0 Å². The lowest BCUT2D eigenvalue weighted by molar-refractivity contribution is -0.123. The Kier molecular flexibility index (Phi) is 5.82. The van der Waals surface area contributed by atoms with Gasteiger partial charge in [-0.3, -0.25) is 14.5 Å². The Balaban J connectivity index is 1.80. The van der Waals surface area contributed by atoms with Crippen molar-refractivity contribution in [3.05, 3.63) is 24.2 Å². The molecule has 0 radical (unpaired) electrons. The van der Waals surface area contributed by atoms with Gasteiger partial charge in [0.2, 0.25) is 5.91 Å². The first-order valence-corrected chi connectivity index (χ1v) is 8.27. The van der Waals surface area contributed by atoms with E-state index in [1.807, 2.05) is 0 Å². The van der Waals surface area contributed by atoms with E-state index < -0.39 is 6.04 Å². The van der Waals surface area contributed by atoms with Crippen molar-refractivity contribution in [2.24, 2.45) is 0 Å². The van der Waals surface area contributed by atoms with Crippen LogP contribution in [0.15, 0.2) is 22.8 Å². The standard InChI is InChI=1S/C17H27N3O3/c1-13(19-16(22)14-8-7-11-23-14)15(21)18-12-17(2,3)20-9-5-4-6-10-20/h7-8,11,13H,4-6,9-10,12H2,1-3H3,(H,18,21)(H,19,22). The third kappa shape index (κ3) is 4.82. The molecule has 128 valence electrons. The molecule has 6 heteroatoms. The molecule has 2 rings (SSSR count). The second-order valence-electron chi connectivity index (χ2n) is 6.75. The van der Waals surface area contributed by atoms with Gasteiger partial charge >= 0.3 is 0 Å². The van der Waals surface area contributed by atoms with E-state index in [9.17, 15) is 9.59 Å². The van der Waals surface area contributed by atoms with Crippen LogP contribution in [0.2, 0.25) is 0 Å². The Labute approximate surface area is 137 Å². The van der Waals surface area contributed by atoms with E-state index in [1.54, 1.807) is 19.1 Å². The van der Waals surface area contributed by atoms with Crippen molar-refractivity contribution in [1.82, 2.24) is 15.5 Å². The summed E-state index contributed by atoms with van der Waals surface area (Å²) in [6.45, 7) is 8.67. The second-order valence-corrected chi connectivity index (χ2v) is 6.75. The summed E-state index contributed by atoms with van der Waals surface area (Å²) >= 11 is 0. The number of piperidine rings is 1. The molecular weight excluding hydrogens is 294 g/mol. The second kappa shape index (κ2) is 7.64. The van der Waals surface area contributed by atoms with Gasteiger partial charge < -0.3 is 15.1 Å². The van der Waals surface area contributed by atoms with E-state index in [2.05, 4.69) is 29.4 Å². The number of nitrogens with zero attached hydrogens (tertiary/aromatic N) is 1. The van der Waals surface area contributed by atoms with Crippen molar-refractivity contribution < 1.29 is 14.0 Å². The molecule has 1 unspecified atom stereocenters. The lowest BCUT2D eigenvalue weighted by Gasteiger charge is -2.41. The summed E-state index contributed by atoms with van der Waals surface area (Å²) in [4.78, 5) is 26.5. The molecule has 1 aliphatic rings. The Morgan fingerprint density at radius 2 is 2.00 bits per heavy atom. The quantitative estimate of drug-likeness (QED) is 0.837. The number of hydrogen-bond donors (Lipinski definition) is 2. The average molecular weight is 321 g/mol. The molecule has 1 aromatic rings. The molecule has 23 heavy (non-hydrogen) atoms. The first kappa shape index (κ1) is 17.5. The number of carbonyl (C=O) groups excluding carboxylic acids is 2. The number of likely N-dealkylation sites (tertiary alicyclic amines) is 1. The predicted molar refractivity (Wildman–Crippen MR) is 88.1 cm³/mol. The zero-order valence-electron chi connectivity index (χ0n) is 14.2. The van der Waals surface area contributed by atoms with E-state index in [-0.39, 0.29) is 23.1 Å². The van der Waals surface area contributed by atoms with E-state index >= 15 is 0 Å². The zero-order chi connectivity index (χ0) is 16.9. The molecule has 1 fully saturated rings. The average Bonchev–Trinajstić information content (AvgIpc) is 3.08. The summed E-state index contributed by atoms with van der Waals surface area (Å²) in [5.41, 5.74) is -0.0825. The molecular formula is C17H27N3O3. The fourth-order valence-electron chi connectivity index (χ4n) is 2.81. The van der Waals surface area contributed by atoms with Gasteiger partial charge in [0.1, 0.15) is 6.04 Å². The molecule has 2 N–H and O–H groups in total. The van der Waals surface area contributed by atoms with Crippen LogP contribution in [0.5, 0.6) is 0 Å². The number of furan rings is 1. The molecule has 0 bridgehead atoms. The third-order valence-electron chi connectivity index (χ3n) is 4.39. The Morgan fingerprint density at radius 3 is 2.61 bits per heavy atom. The van der Waals surface area contributed by atoms with Gasteiger partial charge in [0.05, 0.1) is 6.26 Å². The van der Waals surface area contributed by atoms with Crippen LogP contribution in [-0.4, -0.2) is 47.9 Å². The minimum absolute atomic E-state index is 0.0825. The lowest BCUT2D eigenvalue weighted by atomic mass is 9.98. The summed E-state index contributed by atoms with van der Waals surface area (Å²) < 4.78 is 5.02. The van der Waals surface area contributed by atoms with Crippen LogP contribution < -0.4 is 10.6 Å². The monoisotopic (exact) mass is 321 g/mol. The van der Waals surface area contributed by atoms with E-state index in [0.717, 1.165) is 13.1 Å². The molecule has 0 saturated carbocycles. The first-order valence-electron chi connectivity index (χ1n) is 8.27. The highest BCUT2D eigenvalue weighted by molar-refractivity contribution is 5.95. The van der Waals surface area contributed by atoms with Crippen molar-refractivity contribution >= 4 is 11.8 Å². The Hall–Kier alpha value is -1.82. The van der Waals surface area contributed by atoms with Gasteiger partial charge in [-0.2, -0.15) is 0 Å². The first-order chi connectivity index (χ1) is 10.9. The summed E-state index contributed by atoms with van der Waals surface area (Å²) in [6.07, 6.45) is 5.15. The van der Waals surface area contributed by atoms with Crippen LogP contribution in [-0.2, 0) is 4.79 Å². The maximum absolute atomic E-state index is 12.2. The van der Waals surface area contributed by atoms with Gasteiger partial charge in [-0.05, 0) is 58.8 Å². The van der Waals surface area contributed by atoms with Crippen LogP contribution in [0, 0.1) is 0 Å². The largest absolute Gasteiger partial charge is 0.459 e. The van der Waals surface area contributed by atoms with Gasteiger partial charge in [-0.25, -0.2) is 0 Å². The molecule has 0 aromatic carbocycles. The molecule has 0 aliphatic carbocycles. The smallest absolute Gasteiger partial charge is 0.287 e. The topological polar surface area (TPSA) is 74.6 Å². The predicted octanol–water partition coefficient (Wildman–Crippen LogP) is 1.78. The number of amides is 2. The SMILES string of the molecule is CC(NC(=O)c1ccco1)C(=O)NCC(C)(C)N1CCCCC1. The van der Waals surface area contributed by atoms with Crippen LogP contribution in [0.3, 0.4) is 0 Å². The highest BCUT2D eigenvalue weighted by Crippen LogP contribution is 2.19. The van der Waals surface area contributed by atoms with Crippen molar-refractivity contribution in [2.45, 2.75) is 51.6 Å². The van der Waals surface area contributed by atoms with Crippen LogP contribution in [0.1, 0.15) is 50.6 Å². The van der Waals surface area contributed by atoms with Crippen LogP contribution in [0.4, 0.5) is 0 Å². The van der Waals surface area contributed by atoms with Gasteiger partial charge in [0.25, 0.3) is 5.91 Å². The molecule has 1 aliphatic heterocycles. The fourth-order valence-corrected chi connectivity index (χ4v) is 2.81. The number of carbonyl (C=O) groups is 2. The number of nitrogens with one attached hydrogen (secondary N) is 2. The molecule has 1 atom stereocenters. The highest BCUT2D eigenvalue weighted by Gasteiger charge is 2.29. The van der Waals surface area contributed by atoms with Crippen molar-refractivity contribution in [1.29, 1.82) is 0 Å². The Bertz CT molecular complexity index is 519. The maximum atomic E-state index is 12.2. The molecule has 2 heterocycles. The van der Waals surface area contributed by atoms with Crippen molar-refractivity contribution in [2.75, 3.05) is 19.6 Å². The van der Waals surface area contributed by atoms with Gasteiger partial charge in [-0.15, -0.1) is 0 Å². The van der Waals surface area contributed by atoms with E-state index in [0.29, 0.717) is 6.54 Å². The number of hydrogen-bond acceptors (Lipinski definition) is 4. The summed E-state index contributed by atoms with van der Waals surface area (Å²) in [7, 11) is 0. The third-order valence-corrected chi connectivity index (χ3v) is 4.39. The number of rotatable bonds is 6. The van der Waals surface area contributed by atoms with Crippen molar-refractivity contribution in [3.63, 3.8) is 0 Å². The van der Waals surface area contributed by atoms with E-state index in [4.69, 9.17) is 4.42 Å². The fraction of sp³-hybridized carbons (Fsp3) is 0.647. The van der Waals surface area contributed by atoms with Gasteiger partial charge in [0.15, 0.2) is 5.76 Å².